The zero-order chi connectivity index (χ0) is 9.84. The molecule has 0 bridgehead atoms. The van der Waals surface area contributed by atoms with Gasteiger partial charge in [0.25, 0.3) is 0 Å². The number of rotatable bonds is 3. The maximum Gasteiger partial charge on any atom is 0.162 e. The number of hydrogen-bond donors (Lipinski definition) is 1. The first-order valence-electron chi connectivity index (χ1n) is 4.09. The molecule has 3 nitrogen and oxygen atoms in total. The fraction of sp³-hybridized carbons (Fsp3) is 0.300. The zero-order valence-corrected chi connectivity index (χ0v) is 7.70. The Bertz CT molecular complexity index is 318. The maximum atomic E-state index is 11.2. The molecule has 0 radical (unpaired) electrons. The molecule has 0 heterocycles. The van der Waals surface area contributed by atoms with E-state index in [4.69, 9.17) is 4.74 Å². The summed E-state index contributed by atoms with van der Waals surface area (Å²) in [6, 6.07) is 4.65. The van der Waals surface area contributed by atoms with E-state index in [1.54, 1.807) is 19.1 Å². The Morgan fingerprint density at radius 3 is 2.69 bits per heavy atom. The fourth-order valence-corrected chi connectivity index (χ4v) is 1.07. The van der Waals surface area contributed by atoms with Crippen molar-refractivity contribution < 1.29 is 14.6 Å². The summed E-state index contributed by atoms with van der Waals surface area (Å²) in [5.74, 6) is 0.396. The van der Waals surface area contributed by atoms with Crippen LogP contribution < -0.4 is 4.74 Å². The second kappa shape index (κ2) is 3.94. The van der Waals surface area contributed by atoms with Gasteiger partial charge in [0.1, 0.15) is 0 Å². The molecular formula is C10H12O3. The number of ether oxygens (including phenoxy) is 1. The molecular weight excluding hydrogens is 168 g/mol. The highest BCUT2D eigenvalue weighted by Crippen LogP contribution is 2.26. The quantitative estimate of drug-likeness (QED) is 0.723. The van der Waals surface area contributed by atoms with Crippen LogP contribution in [0.4, 0.5) is 0 Å². The maximum absolute atomic E-state index is 11.2. The van der Waals surface area contributed by atoms with Crippen LogP contribution in [0.3, 0.4) is 0 Å². The summed E-state index contributed by atoms with van der Waals surface area (Å²) in [5, 5.41) is 9.36. The lowest BCUT2D eigenvalue weighted by molar-refractivity contribution is 0.0987. The van der Waals surface area contributed by atoms with Crippen LogP contribution in [0.15, 0.2) is 18.2 Å². The van der Waals surface area contributed by atoms with Crippen LogP contribution in [0.25, 0.3) is 0 Å². The number of phenols is 1. The third-order valence-electron chi connectivity index (χ3n) is 1.82. The van der Waals surface area contributed by atoms with Gasteiger partial charge in [0.05, 0.1) is 7.11 Å². The van der Waals surface area contributed by atoms with E-state index in [0.717, 1.165) is 0 Å². The molecule has 0 atom stereocenters. The molecule has 0 aliphatic carbocycles. The van der Waals surface area contributed by atoms with Gasteiger partial charge in [0.15, 0.2) is 17.3 Å². The molecule has 0 saturated carbocycles. The van der Waals surface area contributed by atoms with Gasteiger partial charge in [-0.3, -0.25) is 4.79 Å². The number of methoxy groups -OCH3 is 1. The van der Waals surface area contributed by atoms with Crippen LogP contribution in [0.1, 0.15) is 23.7 Å². The van der Waals surface area contributed by atoms with Gasteiger partial charge in [-0.1, -0.05) is 6.92 Å². The standard InChI is InChI=1S/C10H12O3/c1-3-8(11)7-4-5-10(13-2)9(12)6-7/h4-6,12H,3H2,1-2H3. The van der Waals surface area contributed by atoms with Crippen LogP contribution >= 0.6 is 0 Å². The number of ketones is 1. The normalized spacial score (nSPS) is 9.69. The van der Waals surface area contributed by atoms with Crippen molar-refractivity contribution in [2.75, 3.05) is 7.11 Å². The van der Waals surface area contributed by atoms with Crippen molar-refractivity contribution in [3.63, 3.8) is 0 Å². The van der Waals surface area contributed by atoms with Crippen molar-refractivity contribution in [1.82, 2.24) is 0 Å². The second-order valence-corrected chi connectivity index (χ2v) is 2.66. The molecule has 1 rings (SSSR count). The van der Waals surface area contributed by atoms with E-state index < -0.39 is 0 Å². The van der Waals surface area contributed by atoms with Crippen molar-refractivity contribution in [2.24, 2.45) is 0 Å². The summed E-state index contributed by atoms with van der Waals surface area (Å²) >= 11 is 0. The summed E-state index contributed by atoms with van der Waals surface area (Å²) < 4.78 is 4.85. The molecule has 0 fully saturated rings. The van der Waals surface area contributed by atoms with Crippen LogP contribution in [0, 0.1) is 0 Å². The van der Waals surface area contributed by atoms with Crippen LogP contribution in [0.5, 0.6) is 11.5 Å². The fourth-order valence-electron chi connectivity index (χ4n) is 1.07. The third kappa shape index (κ3) is 1.99. The molecule has 0 spiro atoms. The van der Waals surface area contributed by atoms with Gasteiger partial charge in [-0.25, -0.2) is 0 Å². The van der Waals surface area contributed by atoms with Crippen LogP contribution in [-0.4, -0.2) is 18.0 Å². The minimum Gasteiger partial charge on any atom is -0.504 e. The highest BCUT2D eigenvalue weighted by Gasteiger charge is 2.06. The lowest BCUT2D eigenvalue weighted by Gasteiger charge is -2.04. The molecule has 13 heavy (non-hydrogen) atoms. The molecule has 0 aliphatic rings. The highest BCUT2D eigenvalue weighted by molar-refractivity contribution is 5.96. The monoisotopic (exact) mass is 180 g/mol. The summed E-state index contributed by atoms with van der Waals surface area (Å²) in [6.07, 6.45) is 0.436. The van der Waals surface area contributed by atoms with Crippen molar-refractivity contribution >= 4 is 5.78 Å². The summed E-state index contributed by atoms with van der Waals surface area (Å²) in [7, 11) is 1.47. The largest absolute Gasteiger partial charge is 0.504 e. The molecule has 0 amide bonds. The zero-order valence-electron chi connectivity index (χ0n) is 7.70. The van der Waals surface area contributed by atoms with E-state index in [1.807, 2.05) is 0 Å². The predicted octanol–water partition coefficient (Wildman–Crippen LogP) is 1.99. The lowest BCUT2D eigenvalue weighted by atomic mass is 10.1. The average Bonchev–Trinajstić information content (AvgIpc) is 2.16. The first-order chi connectivity index (χ1) is 6.19. The van der Waals surface area contributed by atoms with Crippen molar-refractivity contribution in [2.45, 2.75) is 13.3 Å². The Labute approximate surface area is 77.0 Å². The molecule has 0 aromatic heterocycles. The Morgan fingerprint density at radius 2 is 2.23 bits per heavy atom. The second-order valence-electron chi connectivity index (χ2n) is 2.66. The first-order valence-corrected chi connectivity index (χ1v) is 4.09. The SMILES string of the molecule is CCC(=O)c1ccc(OC)c(O)c1. The minimum absolute atomic E-state index is 0.00167. The molecule has 0 unspecified atom stereocenters. The van der Waals surface area contributed by atoms with E-state index in [2.05, 4.69) is 0 Å². The van der Waals surface area contributed by atoms with E-state index in [1.165, 1.54) is 13.2 Å². The number of carbonyl (C=O) groups is 1. The molecule has 1 N–H and O–H groups in total. The Hall–Kier alpha value is -1.51. The van der Waals surface area contributed by atoms with E-state index in [-0.39, 0.29) is 11.5 Å². The Kier molecular flexibility index (Phi) is 2.90. The van der Waals surface area contributed by atoms with Crippen molar-refractivity contribution in [1.29, 1.82) is 0 Å². The number of phenolic OH excluding ortho intramolecular Hbond substituents is 1. The summed E-state index contributed by atoms with van der Waals surface area (Å²) in [6.45, 7) is 1.78. The number of Topliss-reactive ketones (excluding diaryl/α,β-unsaturated/α-hetero) is 1. The molecule has 0 aliphatic heterocycles. The average molecular weight is 180 g/mol. The number of carbonyl (C=O) groups excluding carboxylic acids is 1. The number of aromatic hydroxyl groups is 1. The highest BCUT2D eigenvalue weighted by atomic mass is 16.5. The summed E-state index contributed by atoms with van der Waals surface area (Å²) in [4.78, 5) is 11.2. The van der Waals surface area contributed by atoms with Crippen molar-refractivity contribution in [3.8, 4) is 11.5 Å². The van der Waals surface area contributed by atoms with Gasteiger partial charge in [-0.05, 0) is 18.2 Å². The van der Waals surface area contributed by atoms with Crippen molar-refractivity contribution in [3.05, 3.63) is 23.8 Å². The van der Waals surface area contributed by atoms with Gasteiger partial charge >= 0.3 is 0 Å². The molecule has 3 heteroatoms. The molecule has 0 saturated heterocycles. The molecule has 1 aromatic rings. The third-order valence-corrected chi connectivity index (χ3v) is 1.82. The van der Waals surface area contributed by atoms with Gasteiger partial charge < -0.3 is 9.84 Å². The summed E-state index contributed by atoms with van der Waals surface area (Å²) in [5.41, 5.74) is 0.515. The van der Waals surface area contributed by atoms with E-state index >= 15 is 0 Å². The van der Waals surface area contributed by atoms with Gasteiger partial charge in [-0.15, -0.1) is 0 Å². The Balaban J connectivity index is 3.02. The topological polar surface area (TPSA) is 46.5 Å². The molecule has 70 valence electrons. The van der Waals surface area contributed by atoms with E-state index in [0.29, 0.717) is 17.7 Å². The number of benzene rings is 1. The first kappa shape index (κ1) is 9.58. The van der Waals surface area contributed by atoms with Crippen LogP contribution in [0.2, 0.25) is 0 Å². The van der Waals surface area contributed by atoms with Gasteiger partial charge in [-0.2, -0.15) is 0 Å². The van der Waals surface area contributed by atoms with Gasteiger partial charge in [0.2, 0.25) is 0 Å². The molecule has 1 aromatic carbocycles. The van der Waals surface area contributed by atoms with E-state index in [9.17, 15) is 9.90 Å². The van der Waals surface area contributed by atoms with Crippen LogP contribution in [-0.2, 0) is 0 Å². The predicted molar refractivity (Wildman–Crippen MR) is 49.3 cm³/mol. The smallest absolute Gasteiger partial charge is 0.162 e. The van der Waals surface area contributed by atoms with Gasteiger partial charge in [0, 0.05) is 12.0 Å². The number of hydrogen-bond acceptors (Lipinski definition) is 3. The lowest BCUT2D eigenvalue weighted by Crippen LogP contribution is -1.96. The Morgan fingerprint density at radius 1 is 1.54 bits per heavy atom. The minimum atomic E-state index is 0.00167.